The number of halogens is 2. The maximum Gasteiger partial charge on any atom is 0.342 e. The molecule has 0 saturated carbocycles. The number of fused-ring (bicyclic) bond motifs is 1. The first-order valence-corrected chi connectivity index (χ1v) is 7.19. The van der Waals surface area contributed by atoms with E-state index in [1.807, 2.05) is 18.2 Å². The van der Waals surface area contributed by atoms with Crippen LogP contribution in [0.4, 0.5) is 4.39 Å². The second-order valence-corrected chi connectivity index (χ2v) is 5.08. The molecule has 2 aromatic rings. The molecule has 0 unspecified atom stereocenters. The molecule has 1 aliphatic heterocycles. The largest absolute Gasteiger partial charge is 0.488 e. The normalized spacial score (nSPS) is 12.9. The second-order valence-electron chi connectivity index (χ2n) is 4.81. The zero-order valence-corrected chi connectivity index (χ0v) is 12.3. The lowest BCUT2D eigenvalue weighted by atomic mass is 10.1. The SMILES string of the molecule is O=C(Oc1cccc(F)c1)C1=Cc2cc(CCl)ccc2OC1. The van der Waals surface area contributed by atoms with E-state index in [-0.39, 0.29) is 12.4 Å². The number of carbonyl (C=O) groups excluding carboxylic acids is 1. The van der Waals surface area contributed by atoms with Crippen LogP contribution in [0.3, 0.4) is 0 Å². The number of benzene rings is 2. The third kappa shape index (κ3) is 3.12. The van der Waals surface area contributed by atoms with Gasteiger partial charge < -0.3 is 9.47 Å². The average molecular weight is 319 g/mol. The molecule has 0 aromatic heterocycles. The van der Waals surface area contributed by atoms with Crippen LogP contribution < -0.4 is 9.47 Å². The van der Waals surface area contributed by atoms with Crippen molar-refractivity contribution in [2.24, 2.45) is 0 Å². The smallest absolute Gasteiger partial charge is 0.342 e. The van der Waals surface area contributed by atoms with Gasteiger partial charge >= 0.3 is 5.97 Å². The molecule has 0 atom stereocenters. The fourth-order valence-corrected chi connectivity index (χ4v) is 2.30. The molecule has 22 heavy (non-hydrogen) atoms. The Morgan fingerprint density at radius 3 is 2.91 bits per heavy atom. The number of hydrogen-bond acceptors (Lipinski definition) is 3. The van der Waals surface area contributed by atoms with E-state index in [1.165, 1.54) is 18.2 Å². The highest BCUT2D eigenvalue weighted by Crippen LogP contribution is 2.28. The van der Waals surface area contributed by atoms with Crippen LogP contribution in [-0.2, 0) is 10.7 Å². The quantitative estimate of drug-likeness (QED) is 0.488. The minimum Gasteiger partial charge on any atom is -0.488 e. The Morgan fingerprint density at radius 1 is 1.27 bits per heavy atom. The molecular weight excluding hydrogens is 307 g/mol. The number of esters is 1. The van der Waals surface area contributed by atoms with Crippen molar-refractivity contribution in [3.8, 4) is 11.5 Å². The van der Waals surface area contributed by atoms with Gasteiger partial charge in [-0.1, -0.05) is 12.1 Å². The van der Waals surface area contributed by atoms with E-state index in [2.05, 4.69) is 0 Å². The summed E-state index contributed by atoms with van der Waals surface area (Å²) >= 11 is 5.80. The first kappa shape index (κ1) is 14.6. The summed E-state index contributed by atoms with van der Waals surface area (Å²) in [6.07, 6.45) is 1.70. The predicted octanol–water partition coefficient (Wildman–Crippen LogP) is 3.95. The zero-order chi connectivity index (χ0) is 15.5. The van der Waals surface area contributed by atoms with E-state index in [9.17, 15) is 9.18 Å². The van der Waals surface area contributed by atoms with Crippen LogP contribution in [0.2, 0.25) is 0 Å². The maximum atomic E-state index is 13.1. The molecule has 0 N–H and O–H groups in total. The number of hydrogen-bond donors (Lipinski definition) is 0. The Labute approximate surface area is 131 Å². The third-order valence-corrected chi connectivity index (χ3v) is 3.52. The Morgan fingerprint density at radius 2 is 2.14 bits per heavy atom. The van der Waals surface area contributed by atoms with Crippen LogP contribution in [0.25, 0.3) is 6.08 Å². The molecule has 0 bridgehead atoms. The molecule has 2 aromatic carbocycles. The average Bonchev–Trinajstić information content (AvgIpc) is 2.53. The lowest BCUT2D eigenvalue weighted by Crippen LogP contribution is -2.19. The van der Waals surface area contributed by atoms with Gasteiger partial charge in [0.05, 0.1) is 5.57 Å². The van der Waals surface area contributed by atoms with Gasteiger partial charge in [0, 0.05) is 17.5 Å². The van der Waals surface area contributed by atoms with E-state index in [0.717, 1.165) is 17.2 Å². The van der Waals surface area contributed by atoms with Crippen LogP contribution in [0.5, 0.6) is 11.5 Å². The van der Waals surface area contributed by atoms with Gasteiger partial charge in [0.1, 0.15) is 23.9 Å². The van der Waals surface area contributed by atoms with E-state index >= 15 is 0 Å². The first-order valence-electron chi connectivity index (χ1n) is 6.66. The summed E-state index contributed by atoms with van der Waals surface area (Å²) < 4.78 is 23.8. The molecule has 0 amide bonds. The minimum absolute atomic E-state index is 0.112. The van der Waals surface area contributed by atoms with E-state index in [0.29, 0.717) is 17.2 Å². The van der Waals surface area contributed by atoms with Crippen LogP contribution >= 0.6 is 11.6 Å². The standard InChI is InChI=1S/C17H12ClFO3/c18-9-11-4-5-16-12(6-11)7-13(10-21-16)17(20)22-15-3-1-2-14(19)8-15/h1-8H,9-10H2. The van der Waals surface area contributed by atoms with E-state index in [4.69, 9.17) is 21.1 Å². The second kappa shape index (κ2) is 6.20. The summed E-state index contributed by atoms with van der Waals surface area (Å²) in [4.78, 5) is 12.1. The van der Waals surface area contributed by atoms with Gasteiger partial charge in [0.15, 0.2) is 0 Å². The number of ether oxygens (including phenoxy) is 2. The van der Waals surface area contributed by atoms with Crippen LogP contribution in [0.15, 0.2) is 48.0 Å². The van der Waals surface area contributed by atoms with Crippen molar-refractivity contribution in [2.75, 3.05) is 6.61 Å². The lowest BCUT2D eigenvalue weighted by Gasteiger charge is -2.17. The van der Waals surface area contributed by atoms with Gasteiger partial charge in [-0.3, -0.25) is 0 Å². The molecule has 3 nitrogen and oxygen atoms in total. The molecule has 1 aliphatic rings. The summed E-state index contributed by atoms with van der Waals surface area (Å²) in [5.74, 6) is 0.204. The molecular formula is C17H12ClFO3. The van der Waals surface area contributed by atoms with Gasteiger partial charge in [-0.25, -0.2) is 9.18 Å². The van der Waals surface area contributed by atoms with Crippen molar-refractivity contribution in [3.05, 3.63) is 65.0 Å². The predicted molar refractivity (Wildman–Crippen MR) is 81.5 cm³/mol. The summed E-state index contributed by atoms with van der Waals surface area (Å²) in [6, 6.07) is 11.0. The summed E-state index contributed by atoms with van der Waals surface area (Å²) in [6.45, 7) is 0.112. The van der Waals surface area contributed by atoms with Gasteiger partial charge in [-0.2, -0.15) is 0 Å². The zero-order valence-electron chi connectivity index (χ0n) is 11.5. The monoisotopic (exact) mass is 318 g/mol. The maximum absolute atomic E-state index is 13.1. The Kier molecular flexibility index (Phi) is 4.11. The molecule has 0 radical (unpaired) electrons. The topological polar surface area (TPSA) is 35.5 Å². The molecule has 1 heterocycles. The fourth-order valence-electron chi connectivity index (χ4n) is 2.13. The molecule has 0 fully saturated rings. The van der Waals surface area contributed by atoms with E-state index < -0.39 is 11.8 Å². The van der Waals surface area contributed by atoms with Crippen molar-refractivity contribution in [3.63, 3.8) is 0 Å². The molecule has 0 aliphatic carbocycles. The van der Waals surface area contributed by atoms with Gasteiger partial charge in [0.25, 0.3) is 0 Å². The van der Waals surface area contributed by atoms with Crippen LogP contribution in [0, 0.1) is 5.82 Å². The fraction of sp³-hybridized carbons (Fsp3) is 0.118. The minimum atomic E-state index is -0.562. The third-order valence-electron chi connectivity index (χ3n) is 3.21. The van der Waals surface area contributed by atoms with Gasteiger partial charge in [0.2, 0.25) is 0 Å². The van der Waals surface area contributed by atoms with Gasteiger partial charge in [-0.15, -0.1) is 11.6 Å². The Balaban J connectivity index is 1.82. The van der Waals surface area contributed by atoms with Gasteiger partial charge in [-0.05, 0) is 35.9 Å². The van der Waals surface area contributed by atoms with Crippen molar-refractivity contribution in [1.82, 2.24) is 0 Å². The summed E-state index contributed by atoms with van der Waals surface area (Å²) in [5.41, 5.74) is 2.07. The summed E-state index contributed by atoms with van der Waals surface area (Å²) in [7, 11) is 0. The Hall–Kier alpha value is -2.33. The Bertz CT molecular complexity index is 755. The highest BCUT2D eigenvalue weighted by Gasteiger charge is 2.19. The highest BCUT2D eigenvalue weighted by atomic mass is 35.5. The van der Waals surface area contributed by atoms with Crippen molar-refractivity contribution in [2.45, 2.75) is 5.88 Å². The number of alkyl halides is 1. The number of rotatable bonds is 3. The highest BCUT2D eigenvalue weighted by molar-refractivity contribution is 6.17. The first-order chi connectivity index (χ1) is 10.7. The molecule has 112 valence electrons. The van der Waals surface area contributed by atoms with E-state index in [1.54, 1.807) is 6.08 Å². The van der Waals surface area contributed by atoms with Crippen LogP contribution in [0.1, 0.15) is 11.1 Å². The molecule has 3 rings (SSSR count). The van der Waals surface area contributed by atoms with Crippen molar-refractivity contribution >= 4 is 23.6 Å². The van der Waals surface area contributed by atoms with Crippen molar-refractivity contribution in [1.29, 1.82) is 0 Å². The molecule has 0 saturated heterocycles. The van der Waals surface area contributed by atoms with Crippen molar-refractivity contribution < 1.29 is 18.7 Å². The number of carbonyl (C=O) groups is 1. The lowest BCUT2D eigenvalue weighted by molar-refractivity contribution is -0.130. The molecule has 5 heteroatoms. The summed E-state index contributed by atoms with van der Waals surface area (Å²) in [5, 5.41) is 0. The molecule has 0 spiro atoms. The van der Waals surface area contributed by atoms with Crippen LogP contribution in [-0.4, -0.2) is 12.6 Å².